The summed E-state index contributed by atoms with van der Waals surface area (Å²) in [7, 11) is 1.84. The Morgan fingerprint density at radius 2 is 1.61 bits per heavy atom. The molecule has 1 amide bonds. The third-order valence-corrected chi connectivity index (χ3v) is 6.12. The molecule has 1 unspecified atom stereocenters. The third-order valence-electron chi connectivity index (χ3n) is 6.12. The van der Waals surface area contributed by atoms with Gasteiger partial charge in [-0.05, 0) is 31.8 Å². The molecule has 2 fully saturated rings. The fraction of sp³-hybridized carbons (Fsp3) is 0.905. The van der Waals surface area contributed by atoms with Gasteiger partial charge < -0.3 is 15.5 Å². The maximum Gasteiger partial charge on any atom is 0.219 e. The van der Waals surface area contributed by atoms with Crippen LogP contribution < -0.4 is 10.6 Å². The molecular formula is C21H42N6O. The fourth-order valence-corrected chi connectivity index (χ4v) is 4.25. The highest BCUT2D eigenvalue weighted by molar-refractivity contribution is 5.79. The van der Waals surface area contributed by atoms with Crippen LogP contribution in [-0.4, -0.2) is 98.6 Å². The number of amides is 1. The minimum absolute atomic E-state index is 0.187. The molecule has 2 aliphatic heterocycles. The number of hydrogen-bond donors (Lipinski definition) is 2. The van der Waals surface area contributed by atoms with Crippen LogP contribution in [0.25, 0.3) is 0 Å². The van der Waals surface area contributed by atoms with Gasteiger partial charge in [0.15, 0.2) is 5.96 Å². The molecule has 0 aromatic heterocycles. The van der Waals surface area contributed by atoms with Crippen molar-refractivity contribution < 1.29 is 4.79 Å². The SMILES string of the molecule is CN=C(NCCN1CCN(C(C)=O)CC1)NCC(C(C)C)N1CCCCCC1. The summed E-state index contributed by atoms with van der Waals surface area (Å²) in [5.41, 5.74) is 0. The molecule has 0 radical (unpaired) electrons. The maximum atomic E-state index is 11.4. The number of nitrogens with zero attached hydrogens (tertiary/aromatic N) is 4. The second-order valence-corrected chi connectivity index (χ2v) is 8.49. The zero-order valence-corrected chi connectivity index (χ0v) is 18.5. The summed E-state index contributed by atoms with van der Waals surface area (Å²) in [4.78, 5) is 22.8. The minimum Gasteiger partial charge on any atom is -0.355 e. The number of likely N-dealkylation sites (tertiary alicyclic amines) is 1. The quantitative estimate of drug-likeness (QED) is 0.502. The summed E-state index contributed by atoms with van der Waals surface area (Å²) in [5, 5.41) is 7.01. The molecule has 0 saturated carbocycles. The molecule has 2 aliphatic rings. The number of guanidine groups is 1. The average Bonchev–Trinajstić information content (AvgIpc) is 2.96. The van der Waals surface area contributed by atoms with Crippen molar-refractivity contribution in [3.05, 3.63) is 0 Å². The molecular weight excluding hydrogens is 352 g/mol. The van der Waals surface area contributed by atoms with Crippen molar-refractivity contribution in [1.82, 2.24) is 25.3 Å². The second kappa shape index (κ2) is 12.3. The number of rotatable bonds is 7. The van der Waals surface area contributed by atoms with Crippen LogP contribution in [-0.2, 0) is 4.79 Å². The molecule has 0 bridgehead atoms. The smallest absolute Gasteiger partial charge is 0.219 e. The summed E-state index contributed by atoms with van der Waals surface area (Å²) in [6.45, 7) is 15.1. The van der Waals surface area contributed by atoms with Crippen LogP contribution in [0.2, 0.25) is 0 Å². The average molecular weight is 395 g/mol. The molecule has 7 nitrogen and oxygen atoms in total. The fourth-order valence-electron chi connectivity index (χ4n) is 4.25. The Morgan fingerprint density at radius 1 is 0.964 bits per heavy atom. The number of aliphatic imine (C=N–C) groups is 1. The zero-order chi connectivity index (χ0) is 20.4. The summed E-state index contributed by atoms with van der Waals surface area (Å²) in [5.74, 6) is 1.70. The van der Waals surface area contributed by atoms with Crippen LogP contribution in [0.15, 0.2) is 4.99 Å². The topological polar surface area (TPSA) is 63.2 Å². The third kappa shape index (κ3) is 7.59. The Morgan fingerprint density at radius 3 is 2.14 bits per heavy atom. The molecule has 2 rings (SSSR count). The molecule has 0 spiro atoms. The van der Waals surface area contributed by atoms with Gasteiger partial charge in [0.05, 0.1) is 0 Å². The number of nitrogens with one attached hydrogen (secondary N) is 2. The summed E-state index contributed by atoms with van der Waals surface area (Å²) < 4.78 is 0. The van der Waals surface area contributed by atoms with E-state index in [0.717, 1.165) is 51.8 Å². The van der Waals surface area contributed by atoms with Gasteiger partial charge in [-0.3, -0.25) is 19.6 Å². The number of carbonyl (C=O) groups is 1. The van der Waals surface area contributed by atoms with Crippen molar-refractivity contribution >= 4 is 11.9 Å². The predicted octanol–water partition coefficient (Wildman–Crippen LogP) is 1.22. The van der Waals surface area contributed by atoms with E-state index in [1.54, 1.807) is 6.92 Å². The molecule has 2 N–H and O–H groups in total. The van der Waals surface area contributed by atoms with Gasteiger partial charge in [-0.2, -0.15) is 0 Å². The van der Waals surface area contributed by atoms with Gasteiger partial charge in [-0.15, -0.1) is 0 Å². The lowest BCUT2D eigenvalue weighted by Crippen LogP contribution is -2.52. The van der Waals surface area contributed by atoms with Crippen molar-refractivity contribution in [2.24, 2.45) is 10.9 Å². The normalized spacial score (nSPS) is 21.5. The van der Waals surface area contributed by atoms with Gasteiger partial charge in [0.2, 0.25) is 5.91 Å². The molecule has 2 heterocycles. The van der Waals surface area contributed by atoms with Crippen molar-refractivity contribution in [1.29, 1.82) is 0 Å². The van der Waals surface area contributed by atoms with E-state index in [-0.39, 0.29) is 5.91 Å². The highest BCUT2D eigenvalue weighted by atomic mass is 16.2. The minimum atomic E-state index is 0.187. The number of carbonyl (C=O) groups excluding carboxylic acids is 1. The lowest BCUT2D eigenvalue weighted by Gasteiger charge is -2.35. The van der Waals surface area contributed by atoms with E-state index < -0.39 is 0 Å². The monoisotopic (exact) mass is 394 g/mol. The first-order valence-corrected chi connectivity index (χ1v) is 11.2. The summed E-state index contributed by atoms with van der Waals surface area (Å²) >= 11 is 0. The first-order valence-electron chi connectivity index (χ1n) is 11.2. The Labute approximate surface area is 171 Å². The van der Waals surface area contributed by atoms with Gasteiger partial charge in [0.25, 0.3) is 0 Å². The molecule has 162 valence electrons. The van der Waals surface area contributed by atoms with Gasteiger partial charge >= 0.3 is 0 Å². The van der Waals surface area contributed by atoms with Crippen LogP contribution in [0, 0.1) is 5.92 Å². The van der Waals surface area contributed by atoms with E-state index in [4.69, 9.17) is 0 Å². The molecule has 0 aromatic rings. The van der Waals surface area contributed by atoms with Crippen LogP contribution in [0.4, 0.5) is 0 Å². The Hall–Kier alpha value is -1.34. The van der Waals surface area contributed by atoms with E-state index in [0.29, 0.717) is 12.0 Å². The molecule has 0 aliphatic carbocycles. The molecule has 0 aromatic carbocycles. The van der Waals surface area contributed by atoms with Crippen LogP contribution in [0.1, 0.15) is 46.5 Å². The van der Waals surface area contributed by atoms with E-state index in [1.165, 1.54) is 38.8 Å². The molecule has 7 heteroatoms. The summed E-state index contributed by atoms with van der Waals surface area (Å²) in [6.07, 6.45) is 5.40. The molecule has 2 saturated heterocycles. The van der Waals surface area contributed by atoms with Crippen LogP contribution >= 0.6 is 0 Å². The van der Waals surface area contributed by atoms with Crippen molar-refractivity contribution in [2.75, 3.05) is 66.0 Å². The highest BCUT2D eigenvalue weighted by Gasteiger charge is 2.23. The standard InChI is InChI=1S/C21H42N6O/c1-18(2)20(27-10-7-5-6-8-11-27)17-24-21(22-4)23-9-12-25-13-15-26(16-14-25)19(3)28/h18,20H,5-17H2,1-4H3,(H2,22,23,24). The second-order valence-electron chi connectivity index (χ2n) is 8.49. The van der Waals surface area contributed by atoms with Crippen molar-refractivity contribution in [3.63, 3.8) is 0 Å². The summed E-state index contributed by atoms with van der Waals surface area (Å²) in [6, 6.07) is 0.552. The lowest BCUT2D eigenvalue weighted by molar-refractivity contribution is -0.130. The van der Waals surface area contributed by atoms with E-state index in [9.17, 15) is 4.79 Å². The Kier molecular flexibility index (Phi) is 10.1. The van der Waals surface area contributed by atoms with E-state index >= 15 is 0 Å². The van der Waals surface area contributed by atoms with Crippen LogP contribution in [0.3, 0.4) is 0 Å². The molecule has 1 atom stereocenters. The number of piperazine rings is 1. The van der Waals surface area contributed by atoms with Gasteiger partial charge in [0.1, 0.15) is 0 Å². The first-order chi connectivity index (χ1) is 13.5. The van der Waals surface area contributed by atoms with E-state index in [2.05, 4.69) is 39.3 Å². The van der Waals surface area contributed by atoms with Gasteiger partial charge in [-0.1, -0.05) is 26.7 Å². The zero-order valence-electron chi connectivity index (χ0n) is 18.5. The first kappa shape index (κ1) is 22.9. The van der Waals surface area contributed by atoms with Crippen molar-refractivity contribution in [2.45, 2.75) is 52.5 Å². The largest absolute Gasteiger partial charge is 0.355 e. The Bertz CT molecular complexity index is 479. The van der Waals surface area contributed by atoms with Crippen LogP contribution in [0.5, 0.6) is 0 Å². The van der Waals surface area contributed by atoms with Gasteiger partial charge in [-0.25, -0.2) is 0 Å². The van der Waals surface area contributed by atoms with Crippen molar-refractivity contribution in [3.8, 4) is 0 Å². The Balaban J connectivity index is 1.70. The van der Waals surface area contributed by atoms with Gasteiger partial charge in [0, 0.05) is 65.8 Å². The maximum absolute atomic E-state index is 11.4. The van der Waals surface area contributed by atoms with E-state index in [1.807, 2.05) is 11.9 Å². The predicted molar refractivity (Wildman–Crippen MR) is 117 cm³/mol. The lowest BCUT2D eigenvalue weighted by atomic mass is 10.0. The highest BCUT2D eigenvalue weighted by Crippen LogP contribution is 2.17. The molecule has 28 heavy (non-hydrogen) atoms. The number of hydrogen-bond acceptors (Lipinski definition) is 4.